The van der Waals surface area contributed by atoms with Crippen molar-refractivity contribution in [2.45, 2.75) is 6.04 Å². The van der Waals surface area contributed by atoms with Crippen LogP contribution in [0.2, 0.25) is 0 Å². The van der Waals surface area contributed by atoms with Crippen LogP contribution in [0.25, 0.3) is 0 Å². The molecule has 2 aliphatic rings. The first-order valence-electron chi connectivity index (χ1n) is 7.20. The number of hydrazine groups is 1. The third-order valence-electron chi connectivity index (χ3n) is 4.09. The van der Waals surface area contributed by atoms with Gasteiger partial charge >= 0.3 is 0 Å². The standard InChI is InChI=1S/C17H13N5O/c1-21-16-9-14(11-6-7-19-12(8-11)10-18)20-22(16)15-5-3-2-4-13(15)17(21)23/h2-9,14,20H,1H3. The molecular formula is C17H13N5O. The SMILES string of the molecule is CN1C(=O)c2ccccc2N2NC(c3ccnc(C#N)c3)C=C12. The minimum absolute atomic E-state index is 0.0296. The van der Waals surface area contributed by atoms with Crippen LogP contribution in [0, 0.1) is 11.3 Å². The van der Waals surface area contributed by atoms with E-state index in [1.54, 1.807) is 24.2 Å². The second-order valence-corrected chi connectivity index (χ2v) is 5.43. The number of benzene rings is 1. The summed E-state index contributed by atoms with van der Waals surface area (Å²) in [7, 11) is 1.76. The number of nitriles is 1. The van der Waals surface area contributed by atoms with E-state index in [0.717, 1.165) is 17.1 Å². The van der Waals surface area contributed by atoms with Gasteiger partial charge in [-0.3, -0.25) is 14.7 Å². The summed E-state index contributed by atoms with van der Waals surface area (Å²) in [6.45, 7) is 0. The van der Waals surface area contributed by atoms with Crippen LogP contribution in [0.4, 0.5) is 5.69 Å². The minimum atomic E-state index is -0.124. The monoisotopic (exact) mass is 303 g/mol. The molecule has 4 rings (SSSR count). The molecule has 3 heterocycles. The maximum Gasteiger partial charge on any atom is 0.261 e. The molecule has 6 heteroatoms. The van der Waals surface area contributed by atoms with Crippen molar-refractivity contribution < 1.29 is 4.79 Å². The van der Waals surface area contributed by atoms with E-state index in [-0.39, 0.29) is 11.9 Å². The van der Waals surface area contributed by atoms with Gasteiger partial charge in [-0.15, -0.1) is 0 Å². The highest BCUT2D eigenvalue weighted by Crippen LogP contribution is 2.36. The molecule has 0 bridgehead atoms. The van der Waals surface area contributed by atoms with Crippen molar-refractivity contribution in [1.29, 1.82) is 5.26 Å². The number of rotatable bonds is 1. The summed E-state index contributed by atoms with van der Waals surface area (Å²) < 4.78 is 0. The number of aromatic nitrogens is 1. The number of anilines is 1. The number of para-hydroxylation sites is 1. The second-order valence-electron chi connectivity index (χ2n) is 5.43. The summed E-state index contributed by atoms with van der Waals surface area (Å²) in [5.74, 6) is 0.756. The Labute approximate surface area is 133 Å². The number of amides is 1. The largest absolute Gasteiger partial charge is 0.296 e. The molecule has 1 unspecified atom stereocenters. The van der Waals surface area contributed by atoms with Gasteiger partial charge in [-0.05, 0) is 35.9 Å². The average molecular weight is 303 g/mol. The van der Waals surface area contributed by atoms with Gasteiger partial charge in [-0.25, -0.2) is 10.4 Å². The fourth-order valence-electron chi connectivity index (χ4n) is 2.93. The third-order valence-corrected chi connectivity index (χ3v) is 4.09. The number of pyridine rings is 1. The maximum absolute atomic E-state index is 12.5. The Balaban J connectivity index is 1.77. The molecule has 0 saturated heterocycles. The Kier molecular flexibility index (Phi) is 2.89. The van der Waals surface area contributed by atoms with Gasteiger partial charge in [0, 0.05) is 13.2 Å². The highest BCUT2D eigenvalue weighted by atomic mass is 16.2. The molecule has 0 spiro atoms. The molecule has 1 amide bonds. The summed E-state index contributed by atoms with van der Waals surface area (Å²) in [4.78, 5) is 18.1. The average Bonchev–Trinajstić information content (AvgIpc) is 3.05. The van der Waals surface area contributed by atoms with Crippen molar-refractivity contribution in [1.82, 2.24) is 15.3 Å². The highest BCUT2D eigenvalue weighted by Gasteiger charge is 2.36. The Morgan fingerprint density at radius 3 is 2.96 bits per heavy atom. The zero-order valence-electron chi connectivity index (χ0n) is 12.4. The molecule has 0 saturated carbocycles. The van der Waals surface area contributed by atoms with Crippen molar-refractivity contribution in [3.05, 3.63) is 71.3 Å². The van der Waals surface area contributed by atoms with Crippen molar-refractivity contribution in [3.63, 3.8) is 0 Å². The van der Waals surface area contributed by atoms with E-state index in [0.29, 0.717) is 11.3 Å². The third kappa shape index (κ3) is 1.99. The molecule has 0 aliphatic carbocycles. The lowest BCUT2D eigenvalue weighted by Gasteiger charge is -2.35. The van der Waals surface area contributed by atoms with Crippen LogP contribution in [0.15, 0.2) is 54.5 Å². The van der Waals surface area contributed by atoms with Gasteiger partial charge in [-0.1, -0.05) is 12.1 Å². The van der Waals surface area contributed by atoms with Gasteiger partial charge in [0.05, 0.1) is 17.3 Å². The molecule has 1 aromatic carbocycles. The Morgan fingerprint density at radius 2 is 2.13 bits per heavy atom. The first-order valence-corrected chi connectivity index (χ1v) is 7.20. The molecule has 0 fully saturated rings. The molecule has 1 aromatic heterocycles. The fraction of sp³-hybridized carbons (Fsp3) is 0.118. The Bertz CT molecular complexity index is 883. The van der Waals surface area contributed by atoms with Crippen molar-refractivity contribution in [2.24, 2.45) is 0 Å². The maximum atomic E-state index is 12.5. The molecule has 2 aromatic rings. The lowest BCUT2D eigenvalue weighted by molar-refractivity contribution is 0.0824. The lowest BCUT2D eigenvalue weighted by Crippen LogP contribution is -2.45. The number of fused-ring (bicyclic) bond motifs is 3. The predicted octanol–water partition coefficient (Wildman–Crippen LogP) is 1.95. The summed E-state index contributed by atoms with van der Waals surface area (Å²) >= 11 is 0. The van der Waals surface area contributed by atoms with Crippen LogP contribution in [0.5, 0.6) is 0 Å². The van der Waals surface area contributed by atoms with E-state index < -0.39 is 0 Å². The van der Waals surface area contributed by atoms with Crippen LogP contribution in [0.3, 0.4) is 0 Å². The zero-order valence-corrected chi connectivity index (χ0v) is 12.4. The normalized spacial score (nSPS) is 19.0. The van der Waals surface area contributed by atoms with Gasteiger partial charge in [0.25, 0.3) is 5.91 Å². The Hall–Kier alpha value is -3.17. The first kappa shape index (κ1) is 13.5. The van der Waals surface area contributed by atoms with Crippen molar-refractivity contribution in [2.75, 3.05) is 12.1 Å². The number of carbonyl (C=O) groups is 1. The van der Waals surface area contributed by atoms with Crippen LogP contribution in [0.1, 0.15) is 27.7 Å². The van der Waals surface area contributed by atoms with Crippen LogP contribution >= 0.6 is 0 Å². The van der Waals surface area contributed by atoms with Gasteiger partial charge < -0.3 is 0 Å². The van der Waals surface area contributed by atoms with Crippen LogP contribution < -0.4 is 10.4 Å². The molecule has 6 nitrogen and oxygen atoms in total. The molecule has 0 radical (unpaired) electrons. The summed E-state index contributed by atoms with van der Waals surface area (Å²) in [5.41, 5.74) is 6.17. The van der Waals surface area contributed by atoms with Crippen LogP contribution in [-0.4, -0.2) is 22.8 Å². The molecule has 1 atom stereocenters. The van der Waals surface area contributed by atoms with E-state index in [1.807, 2.05) is 47.5 Å². The molecule has 1 N–H and O–H groups in total. The summed E-state index contributed by atoms with van der Waals surface area (Å²) in [6.07, 6.45) is 3.60. The number of hydrogen-bond acceptors (Lipinski definition) is 5. The molecule has 112 valence electrons. The van der Waals surface area contributed by atoms with Gasteiger partial charge in [0.2, 0.25) is 0 Å². The number of nitrogens with one attached hydrogen (secondary N) is 1. The second kappa shape index (κ2) is 4.93. The summed E-state index contributed by atoms with van der Waals surface area (Å²) in [5, 5.41) is 10.9. The molecular weight excluding hydrogens is 290 g/mol. The quantitative estimate of drug-likeness (QED) is 0.871. The predicted molar refractivity (Wildman–Crippen MR) is 83.9 cm³/mol. The highest BCUT2D eigenvalue weighted by molar-refractivity contribution is 6.03. The topological polar surface area (TPSA) is 72.3 Å². The smallest absolute Gasteiger partial charge is 0.261 e. The number of carbonyl (C=O) groups excluding carboxylic acids is 1. The molecule has 23 heavy (non-hydrogen) atoms. The van der Waals surface area contributed by atoms with Crippen molar-refractivity contribution in [3.8, 4) is 6.07 Å². The molecule has 2 aliphatic heterocycles. The van der Waals surface area contributed by atoms with E-state index >= 15 is 0 Å². The minimum Gasteiger partial charge on any atom is -0.296 e. The fourth-order valence-corrected chi connectivity index (χ4v) is 2.93. The van der Waals surface area contributed by atoms with E-state index in [9.17, 15) is 4.79 Å². The van der Waals surface area contributed by atoms with Gasteiger partial charge in [0.1, 0.15) is 17.6 Å². The summed E-state index contributed by atoms with van der Waals surface area (Å²) in [6, 6.07) is 13.0. The Morgan fingerprint density at radius 1 is 1.30 bits per heavy atom. The lowest BCUT2D eigenvalue weighted by atomic mass is 10.1. The van der Waals surface area contributed by atoms with E-state index in [1.165, 1.54) is 0 Å². The van der Waals surface area contributed by atoms with E-state index in [4.69, 9.17) is 5.26 Å². The van der Waals surface area contributed by atoms with E-state index in [2.05, 4.69) is 10.4 Å². The number of hydrogen-bond donors (Lipinski definition) is 1. The van der Waals surface area contributed by atoms with Gasteiger partial charge in [-0.2, -0.15) is 5.26 Å². The van der Waals surface area contributed by atoms with Crippen LogP contribution in [-0.2, 0) is 0 Å². The zero-order chi connectivity index (χ0) is 16.0. The number of nitrogens with zero attached hydrogens (tertiary/aromatic N) is 4. The van der Waals surface area contributed by atoms with Gasteiger partial charge in [0.15, 0.2) is 0 Å². The first-order chi connectivity index (χ1) is 11.2. The van der Waals surface area contributed by atoms with Crippen molar-refractivity contribution >= 4 is 11.6 Å².